The van der Waals surface area contributed by atoms with E-state index in [0.717, 1.165) is 30.6 Å². The van der Waals surface area contributed by atoms with Crippen LogP contribution < -0.4 is 16.0 Å². The molecule has 6 heteroatoms. The van der Waals surface area contributed by atoms with Gasteiger partial charge in [0.15, 0.2) is 0 Å². The van der Waals surface area contributed by atoms with Crippen LogP contribution in [0, 0.1) is 0 Å². The molecule has 20 heavy (non-hydrogen) atoms. The molecule has 2 rings (SSSR count). The molecular formula is C14H20ClN3O2. The second-order valence-corrected chi connectivity index (χ2v) is 4.54. The Kier molecular flexibility index (Phi) is 6.31. The van der Waals surface area contributed by atoms with Gasteiger partial charge in [-0.1, -0.05) is 6.07 Å². The molecule has 1 aliphatic heterocycles. The summed E-state index contributed by atoms with van der Waals surface area (Å²) in [6.45, 7) is 1.31. The molecule has 0 aliphatic carbocycles. The number of fused-ring (bicyclic) bond motifs is 1. The Morgan fingerprint density at radius 3 is 2.90 bits per heavy atom. The second kappa shape index (κ2) is 7.75. The summed E-state index contributed by atoms with van der Waals surface area (Å²) in [5.74, 6) is -0.179. The average Bonchev–Trinajstić information content (AvgIpc) is 2.46. The molecule has 1 aliphatic rings. The van der Waals surface area contributed by atoms with Crippen molar-refractivity contribution in [1.82, 2.24) is 10.6 Å². The molecule has 2 amide bonds. The minimum absolute atomic E-state index is 0. The van der Waals surface area contributed by atoms with Crippen molar-refractivity contribution in [2.45, 2.75) is 19.3 Å². The zero-order valence-electron chi connectivity index (χ0n) is 11.5. The highest BCUT2D eigenvalue weighted by molar-refractivity contribution is 5.97. The van der Waals surface area contributed by atoms with E-state index in [9.17, 15) is 9.59 Å². The maximum Gasteiger partial charge on any atom is 0.251 e. The first kappa shape index (κ1) is 16.3. The fourth-order valence-corrected chi connectivity index (χ4v) is 2.23. The molecule has 1 aromatic carbocycles. The number of amides is 2. The number of rotatable bonds is 4. The lowest BCUT2D eigenvalue weighted by Gasteiger charge is -2.20. The molecule has 0 atom stereocenters. The van der Waals surface area contributed by atoms with E-state index in [1.54, 1.807) is 7.05 Å². The summed E-state index contributed by atoms with van der Waals surface area (Å²) in [5.41, 5.74) is 2.83. The van der Waals surface area contributed by atoms with Crippen LogP contribution in [0.1, 0.15) is 28.8 Å². The molecule has 5 nitrogen and oxygen atoms in total. The van der Waals surface area contributed by atoms with Crippen molar-refractivity contribution < 1.29 is 9.59 Å². The third kappa shape index (κ3) is 3.87. The molecule has 0 saturated carbocycles. The number of nitrogens with one attached hydrogen (secondary N) is 3. The van der Waals surface area contributed by atoms with Crippen LogP contribution in [0.5, 0.6) is 0 Å². The SMILES string of the molecule is CNC(=O)CCNC(=O)c1cccc2c1CCCN2.Cl. The lowest BCUT2D eigenvalue weighted by molar-refractivity contribution is -0.120. The van der Waals surface area contributed by atoms with Gasteiger partial charge in [0, 0.05) is 37.8 Å². The molecule has 0 bridgehead atoms. The Bertz CT molecular complexity index is 491. The molecule has 110 valence electrons. The second-order valence-electron chi connectivity index (χ2n) is 4.54. The molecule has 0 spiro atoms. The third-order valence-corrected chi connectivity index (χ3v) is 3.26. The van der Waals surface area contributed by atoms with Crippen LogP contribution in [0.25, 0.3) is 0 Å². The van der Waals surface area contributed by atoms with Gasteiger partial charge >= 0.3 is 0 Å². The zero-order valence-corrected chi connectivity index (χ0v) is 12.3. The topological polar surface area (TPSA) is 70.2 Å². The van der Waals surface area contributed by atoms with Crippen molar-refractivity contribution in [3.8, 4) is 0 Å². The number of halogens is 1. The molecule has 0 fully saturated rings. The van der Waals surface area contributed by atoms with Crippen LogP contribution in [0.3, 0.4) is 0 Å². The first-order chi connectivity index (χ1) is 9.22. The number of anilines is 1. The van der Waals surface area contributed by atoms with Crippen LogP contribution in [-0.4, -0.2) is 32.0 Å². The fourth-order valence-electron chi connectivity index (χ4n) is 2.23. The fraction of sp³-hybridized carbons (Fsp3) is 0.429. The van der Waals surface area contributed by atoms with Crippen LogP contribution in [0.2, 0.25) is 0 Å². The van der Waals surface area contributed by atoms with Crippen LogP contribution in [0.15, 0.2) is 18.2 Å². The van der Waals surface area contributed by atoms with Gasteiger partial charge in [-0.25, -0.2) is 0 Å². The summed E-state index contributed by atoms with van der Waals surface area (Å²) in [7, 11) is 1.59. The van der Waals surface area contributed by atoms with Crippen molar-refractivity contribution in [2.24, 2.45) is 0 Å². The summed E-state index contributed by atoms with van der Waals surface area (Å²) in [4.78, 5) is 23.2. The monoisotopic (exact) mass is 297 g/mol. The first-order valence-electron chi connectivity index (χ1n) is 6.57. The van der Waals surface area contributed by atoms with Gasteiger partial charge in [-0.15, -0.1) is 12.4 Å². The van der Waals surface area contributed by atoms with Crippen molar-refractivity contribution in [3.05, 3.63) is 29.3 Å². The highest BCUT2D eigenvalue weighted by Crippen LogP contribution is 2.25. The van der Waals surface area contributed by atoms with Gasteiger partial charge in [0.05, 0.1) is 0 Å². The van der Waals surface area contributed by atoms with E-state index in [1.807, 2.05) is 18.2 Å². The highest BCUT2D eigenvalue weighted by Gasteiger charge is 2.16. The normalized spacial score (nSPS) is 12.4. The maximum absolute atomic E-state index is 12.1. The maximum atomic E-state index is 12.1. The third-order valence-electron chi connectivity index (χ3n) is 3.26. The number of hydrogen-bond acceptors (Lipinski definition) is 3. The summed E-state index contributed by atoms with van der Waals surface area (Å²) >= 11 is 0. The Hall–Kier alpha value is -1.75. The largest absolute Gasteiger partial charge is 0.385 e. The zero-order chi connectivity index (χ0) is 13.7. The van der Waals surface area contributed by atoms with Gasteiger partial charge in [-0.3, -0.25) is 9.59 Å². The van der Waals surface area contributed by atoms with Crippen LogP contribution >= 0.6 is 12.4 Å². The molecule has 3 N–H and O–H groups in total. The molecule has 1 heterocycles. The highest BCUT2D eigenvalue weighted by atomic mass is 35.5. The number of carbonyl (C=O) groups is 2. The minimum atomic E-state index is -0.107. The van der Waals surface area contributed by atoms with Crippen LogP contribution in [0.4, 0.5) is 5.69 Å². The van der Waals surface area contributed by atoms with E-state index >= 15 is 0 Å². The predicted molar refractivity (Wildman–Crippen MR) is 81.5 cm³/mol. The Labute approximate surface area is 124 Å². The van der Waals surface area contributed by atoms with Crippen molar-refractivity contribution >= 4 is 29.9 Å². The van der Waals surface area contributed by atoms with E-state index < -0.39 is 0 Å². The average molecular weight is 298 g/mol. The predicted octanol–water partition coefficient (Wildman–Crippen LogP) is 1.33. The van der Waals surface area contributed by atoms with Gasteiger partial charge in [0.25, 0.3) is 5.91 Å². The minimum Gasteiger partial charge on any atom is -0.385 e. The van der Waals surface area contributed by atoms with E-state index in [1.165, 1.54) is 0 Å². The quantitative estimate of drug-likeness (QED) is 0.785. The van der Waals surface area contributed by atoms with E-state index in [-0.39, 0.29) is 24.2 Å². The summed E-state index contributed by atoms with van der Waals surface area (Å²) in [6.07, 6.45) is 2.26. The van der Waals surface area contributed by atoms with Gasteiger partial charge in [-0.2, -0.15) is 0 Å². The Balaban J connectivity index is 0.00000200. The molecule has 0 unspecified atom stereocenters. The van der Waals surface area contributed by atoms with E-state index in [0.29, 0.717) is 18.5 Å². The Morgan fingerprint density at radius 2 is 2.15 bits per heavy atom. The van der Waals surface area contributed by atoms with E-state index in [2.05, 4.69) is 16.0 Å². The van der Waals surface area contributed by atoms with Gasteiger partial charge in [-0.05, 0) is 30.5 Å². The lowest BCUT2D eigenvalue weighted by atomic mass is 9.97. The van der Waals surface area contributed by atoms with Crippen molar-refractivity contribution in [1.29, 1.82) is 0 Å². The standard InChI is InChI=1S/C14H19N3O2.ClH/c1-15-13(18)7-9-17-14(19)11-4-2-6-12-10(11)5-3-8-16-12;/h2,4,6,16H,3,5,7-9H2,1H3,(H,15,18)(H,17,19);1H. The van der Waals surface area contributed by atoms with Gasteiger partial charge in [0.2, 0.25) is 5.91 Å². The summed E-state index contributed by atoms with van der Waals surface area (Å²) in [6, 6.07) is 5.71. The number of carbonyl (C=O) groups excluding carboxylic acids is 2. The Morgan fingerprint density at radius 1 is 1.35 bits per heavy atom. The smallest absolute Gasteiger partial charge is 0.251 e. The van der Waals surface area contributed by atoms with Crippen LogP contribution in [-0.2, 0) is 11.2 Å². The van der Waals surface area contributed by atoms with Gasteiger partial charge < -0.3 is 16.0 Å². The number of hydrogen-bond donors (Lipinski definition) is 3. The molecule has 0 saturated heterocycles. The first-order valence-corrected chi connectivity index (χ1v) is 6.57. The molecule has 1 aromatic rings. The summed E-state index contributed by atoms with van der Waals surface area (Å²) in [5, 5.41) is 8.61. The molecule has 0 aromatic heterocycles. The van der Waals surface area contributed by atoms with Crippen molar-refractivity contribution in [2.75, 3.05) is 25.5 Å². The van der Waals surface area contributed by atoms with Crippen molar-refractivity contribution in [3.63, 3.8) is 0 Å². The summed E-state index contributed by atoms with van der Waals surface area (Å²) < 4.78 is 0. The van der Waals surface area contributed by atoms with E-state index in [4.69, 9.17) is 0 Å². The molecule has 0 radical (unpaired) electrons. The lowest BCUT2D eigenvalue weighted by Crippen LogP contribution is -2.30. The number of benzene rings is 1. The van der Waals surface area contributed by atoms with Gasteiger partial charge in [0.1, 0.15) is 0 Å². The molecular weight excluding hydrogens is 278 g/mol.